The van der Waals surface area contributed by atoms with Crippen LogP contribution in [0.15, 0.2) is 30.5 Å². The Morgan fingerprint density at radius 1 is 1.27 bits per heavy atom. The lowest BCUT2D eigenvalue weighted by Crippen LogP contribution is -2.32. The maximum Gasteiger partial charge on any atom is 0.273 e. The monoisotopic (exact) mass is 356 g/mol. The highest BCUT2D eigenvalue weighted by molar-refractivity contribution is 5.91. The molecule has 1 aliphatic heterocycles. The fourth-order valence-corrected chi connectivity index (χ4v) is 3.17. The van der Waals surface area contributed by atoms with Crippen LogP contribution >= 0.6 is 0 Å². The van der Waals surface area contributed by atoms with Crippen LogP contribution in [0.4, 0.5) is 0 Å². The molecular weight excluding hydrogens is 328 g/mol. The lowest BCUT2D eigenvalue weighted by molar-refractivity contribution is 0.0946. The van der Waals surface area contributed by atoms with Crippen molar-refractivity contribution >= 4 is 5.91 Å². The highest BCUT2D eigenvalue weighted by Gasteiger charge is 2.19. The summed E-state index contributed by atoms with van der Waals surface area (Å²) in [6.45, 7) is 6.62. The topological polar surface area (TPSA) is 97.9 Å². The van der Waals surface area contributed by atoms with Gasteiger partial charge in [-0.25, -0.2) is 4.68 Å². The molecule has 1 aromatic carbocycles. The van der Waals surface area contributed by atoms with E-state index in [0.29, 0.717) is 24.2 Å². The Bertz CT molecular complexity index is 718. The van der Waals surface area contributed by atoms with Crippen LogP contribution in [0.5, 0.6) is 0 Å². The summed E-state index contributed by atoms with van der Waals surface area (Å²) >= 11 is 0. The van der Waals surface area contributed by atoms with Gasteiger partial charge in [-0.15, -0.1) is 5.10 Å². The summed E-state index contributed by atoms with van der Waals surface area (Å²) in [4.78, 5) is 12.3. The number of piperidine rings is 1. The third-order valence-corrected chi connectivity index (χ3v) is 4.94. The van der Waals surface area contributed by atoms with Gasteiger partial charge in [-0.3, -0.25) is 4.79 Å². The van der Waals surface area contributed by atoms with E-state index in [2.05, 4.69) is 46.9 Å². The van der Waals surface area contributed by atoms with Crippen molar-refractivity contribution in [3.63, 3.8) is 0 Å². The van der Waals surface area contributed by atoms with Gasteiger partial charge in [0.1, 0.15) is 0 Å². The van der Waals surface area contributed by atoms with Crippen LogP contribution in [-0.4, -0.2) is 40.5 Å². The molecule has 2 aromatic rings. The predicted octanol–water partition coefficient (Wildman–Crippen LogP) is 1.76. The minimum Gasteiger partial charge on any atom is -0.349 e. The molecule has 1 amide bonds. The van der Waals surface area contributed by atoms with Gasteiger partial charge in [0.05, 0.1) is 12.2 Å². The predicted molar refractivity (Wildman–Crippen MR) is 101 cm³/mol. The Labute approximate surface area is 154 Å². The van der Waals surface area contributed by atoms with Crippen molar-refractivity contribution in [2.24, 2.45) is 5.73 Å². The lowest BCUT2D eigenvalue weighted by atomic mass is 9.99. The average molecular weight is 356 g/mol. The van der Waals surface area contributed by atoms with Gasteiger partial charge in [0.15, 0.2) is 5.69 Å². The summed E-state index contributed by atoms with van der Waals surface area (Å²) in [5, 5.41) is 14.3. The summed E-state index contributed by atoms with van der Waals surface area (Å²) in [6.07, 6.45) is 3.73. The van der Waals surface area contributed by atoms with Crippen molar-refractivity contribution < 1.29 is 4.79 Å². The first-order valence-electron chi connectivity index (χ1n) is 9.30. The van der Waals surface area contributed by atoms with Crippen LogP contribution in [0.25, 0.3) is 0 Å². The maximum atomic E-state index is 12.3. The average Bonchev–Trinajstić information content (AvgIpc) is 3.17. The van der Waals surface area contributed by atoms with E-state index in [1.54, 1.807) is 10.9 Å². The third-order valence-electron chi connectivity index (χ3n) is 4.94. The Morgan fingerprint density at radius 2 is 1.92 bits per heavy atom. The Kier molecular flexibility index (Phi) is 6.00. The molecule has 4 N–H and O–H groups in total. The number of carbonyl (C=O) groups excluding carboxylic acids is 1. The zero-order chi connectivity index (χ0) is 18.5. The summed E-state index contributed by atoms with van der Waals surface area (Å²) in [6, 6.07) is 8.30. The van der Waals surface area contributed by atoms with Gasteiger partial charge < -0.3 is 16.4 Å². The van der Waals surface area contributed by atoms with Crippen molar-refractivity contribution in [1.82, 2.24) is 25.6 Å². The van der Waals surface area contributed by atoms with E-state index in [0.717, 1.165) is 31.5 Å². The van der Waals surface area contributed by atoms with Gasteiger partial charge in [0.25, 0.3) is 5.91 Å². The molecule has 0 aliphatic carbocycles. The van der Waals surface area contributed by atoms with E-state index < -0.39 is 0 Å². The second-order valence-corrected chi connectivity index (χ2v) is 7.20. The standard InChI is InChI=1S/C19H28N6O/c1-13(2)14-3-5-15(6-4-14)17(20)11-22-19(26)18-12-25(24-23-18)16-7-9-21-10-8-16/h3-6,12-13,16-17,21H,7-11,20H2,1-2H3,(H,22,26). The first kappa shape index (κ1) is 18.5. The molecule has 0 spiro atoms. The fourth-order valence-electron chi connectivity index (χ4n) is 3.17. The minimum absolute atomic E-state index is 0.237. The van der Waals surface area contributed by atoms with Gasteiger partial charge >= 0.3 is 0 Å². The molecule has 140 valence electrons. The highest BCUT2D eigenvalue weighted by Crippen LogP contribution is 2.18. The lowest BCUT2D eigenvalue weighted by Gasteiger charge is -2.22. The largest absolute Gasteiger partial charge is 0.349 e. The molecule has 26 heavy (non-hydrogen) atoms. The zero-order valence-electron chi connectivity index (χ0n) is 15.5. The number of carbonyl (C=O) groups is 1. The van der Waals surface area contributed by atoms with Gasteiger partial charge in [-0.1, -0.05) is 43.3 Å². The fraction of sp³-hybridized carbons (Fsp3) is 0.526. The maximum absolute atomic E-state index is 12.3. The molecule has 0 bridgehead atoms. The van der Waals surface area contributed by atoms with E-state index >= 15 is 0 Å². The first-order valence-corrected chi connectivity index (χ1v) is 9.30. The molecule has 2 heterocycles. The van der Waals surface area contributed by atoms with Crippen molar-refractivity contribution in [3.05, 3.63) is 47.3 Å². The molecule has 0 saturated carbocycles. The number of amides is 1. The van der Waals surface area contributed by atoms with Gasteiger partial charge in [0.2, 0.25) is 0 Å². The van der Waals surface area contributed by atoms with E-state index in [1.807, 2.05) is 12.1 Å². The molecular formula is C19H28N6O. The summed E-state index contributed by atoms with van der Waals surface area (Å²) in [7, 11) is 0. The molecule has 1 aliphatic rings. The molecule has 1 saturated heterocycles. The van der Waals surface area contributed by atoms with Crippen molar-refractivity contribution in [3.8, 4) is 0 Å². The normalized spacial score (nSPS) is 16.6. The van der Waals surface area contributed by atoms with Gasteiger partial charge in [0, 0.05) is 12.6 Å². The molecule has 7 heteroatoms. The number of hydrogen-bond acceptors (Lipinski definition) is 5. The number of hydrogen-bond donors (Lipinski definition) is 3. The van der Waals surface area contributed by atoms with Crippen LogP contribution in [0.1, 0.15) is 66.3 Å². The van der Waals surface area contributed by atoms with E-state index in [1.165, 1.54) is 5.56 Å². The van der Waals surface area contributed by atoms with Crippen LogP contribution in [0, 0.1) is 0 Å². The van der Waals surface area contributed by atoms with Gasteiger partial charge in [-0.05, 0) is 43.0 Å². The quantitative estimate of drug-likeness (QED) is 0.733. The number of aromatic nitrogens is 3. The zero-order valence-corrected chi connectivity index (χ0v) is 15.5. The van der Waals surface area contributed by atoms with Crippen LogP contribution < -0.4 is 16.4 Å². The Hall–Kier alpha value is -2.25. The molecule has 1 aromatic heterocycles. The summed E-state index contributed by atoms with van der Waals surface area (Å²) < 4.78 is 1.81. The number of benzene rings is 1. The number of nitrogens with two attached hydrogens (primary N) is 1. The first-order chi connectivity index (χ1) is 12.5. The number of nitrogens with zero attached hydrogens (tertiary/aromatic N) is 3. The smallest absolute Gasteiger partial charge is 0.273 e. The van der Waals surface area contributed by atoms with Crippen LogP contribution in [0.2, 0.25) is 0 Å². The second-order valence-electron chi connectivity index (χ2n) is 7.20. The minimum atomic E-state index is -0.250. The second kappa shape index (κ2) is 8.42. The van der Waals surface area contributed by atoms with Crippen molar-refractivity contribution in [2.45, 2.75) is 44.7 Å². The summed E-state index contributed by atoms with van der Waals surface area (Å²) in [5.74, 6) is 0.252. The third kappa shape index (κ3) is 4.47. The molecule has 3 rings (SSSR count). The molecule has 7 nitrogen and oxygen atoms in total. The number of rotatable bonds is 6. The number of nitrogens with one attached hydrogen (secondary N) is 2. The molecule has 1 unspecified atom stereocenters. The van der Waals surface area contributed by atoms with Gasteiger partial charge in [-0.2, -0.15) is 0 Å². The Balaban J connectivity index is 1.54. The van der Waals surface area contributed by atoms with Crippen molar-refractivity contribution in [2.75, 3.05) is 19.6 Å². The summed E-state index contributed by atoms with van der Waals surface area (Å²) in [5.41, 5.74) is 8.83. The van der Waals surface area contributed by atoms with E-state index in [9.17, 15) is 4.79 Å². The van der Waals surface area contributed by atoms with Crippen LogP contribution in [-0.2, 0) is 0 Å². The highest BCUT2D eigenvalue weighted by atomic mass is 16.2. The molecule has 1 atom stereocenters. The molecule has 1 fully saturated rings. The molecule has 0 radical (unpaired) electrons. The van der Waals surface area contributed by atoms with Crippen molar-refractivity contribution in [1.29, 1.82) is 0 Å². The van der Waals surface area contributed by atoms with E-state index in [4.69, 9.17) is 5.73 Å². The van der Waals surface area contributed by atoms with E-state index in [-0.39, 0.29) is 11.9 Å². The SMILES string of the molecule is CC(C)c1ccc(C(N)CNC(=O)c2cn(C3CCNCC3)nn2)cc1. The van der Waals surface area contributed by atoms with Crippen LogP contribution in [0.3, 0.4) is 0 Å². The Morgan fingerprint density at radius 3 is 2.58 bits per heavy atom.